The maximum atomic E-state index is 12.6. The van der Waals surface area contributed by atoms with Crippen LogP contribution in [-0.2, 0) is 6.42 Å². The minimum absolute atomic E-state index is 0.0280. The lowest BCUT2D eigenvalue weighted by molar-refractivity contribution is 0.118. The van der Waals surface area contributed by atoms with Crippen molar-refractivity contribution in [2.75, 3.05) is 32.7 Å². The predicted octanol–water partition coefficient (Wildman–Crippen LogP) is 3.09. The Labute approximate surface area is 168 Å². The topological polar surface area (TPSA) is 64.7 Å². The average molecular weight is 387 g/mol. The van der Waals surface area contributed by atoms with Gasteiger partial charge in [0.2, 0.25) is 0 Å². The molecule has 0 spiro atoms. The van der Waals surface area contributed by atoms with Gasteiger partial charge in [-0.15, -0.1) is 0 Å². The van der Waals surface area contributed by atoms with Crippen molar-refractivity contribution in [3.63, 3.8) is 0 Å². The molecule has 6 heteroatoms. The van der Waals surface area contributed by atoms with E-state index >= 15 is 0 Å². The largest absolute Gasteiger partial charge is 0.338 e. The van der Waals surface area contributed by atoms with Crippen LogP contribution in [0.4, 0.5) is 9.59 Å². The van der Waals surface area contributed by atoms with Crippen LogP contribution in [-0.4, -0.2) is 60.6 Å². The van der Waals surface area contributed by atoms with E-state index in [1.165, 1.54) is 5.56 Å². The van der Waals surface area contributed by atoms with Crippen LogP contribution in [0.2, 0.25) is 0 Å². The van der Waals surface area contributed by atoms with E-state index in [1.54, 1.807) is 0 Å². The summed E-state index contributed by atoms with van der Waals surface area (Å²) < 4.78 is 0. The first kappa shape index (κ1) is 20.5. The first-order chi connectivity index (χ1) is 13.5. The highest BCUT2D eigenvalue weighted by Gasteiger charge is 2.31. The van der Waals surface area contributed by atoms with Gasteiger partial charge in [0.1, 0.15) is 0 Å². The Morgan fingerprint density at radius 2 is 1.89 bits per heavy atom. The number of hydrogen-bond donors (Lipinski definition) is 2. The highest BCUT2D eigenvalue weighted by atomic mass is 16.2. The van der Waals surface area contributed by atoms with Crippen molar-refractivity contribution >= 4 is 12.1 Å². The predicted molar refractivity (Wildman–Crippen MR) is 111 cm³/mol. The summed E-state index contributed by atoms with van der Waals surface area (Å²) >= 11 is 0. The van der Waals surface area contributed by atoms with Gasteiger partial charge in [-0.3, -0.25) is 0 Å². The zero-order valence-electron chi connectivity index (χ0n) is 17.2. The molecule has 0 radical (unpaired) electrons. The molecule has 0 saturated carbocycles. The first-order valence-corrected chi connectivity index (χ1v) is 10.7. The van der Waals surface area contributed by atoms with Crippen molar-refractivity contribution in [1.29, 1.82) is 0 Å². The third kappa shape index (κ3) is 5.40. The molecule has 2 aliphatic heterocycles. The number of urea groups is 2. The zero-order valence-corrected chi connectivity index (χ0v) is 17.2. The third-order valence-corrected chi connectivity index (χ3v) is 6.10. The normalized spacial score (nSPS) is 19.5. The lowest BCUT2D eigenvalue weighted by Crippen LogP contribution is -2.55. The molecular weight excluding hydrogens is 352 g/mol. The van der Waals surface area contributed by atoms with Crippen molar-refractivity contribution < 1.29 is 9.59 Å². The van der Waals surface area contributed by atoms with Crippen LogP contribution in [0.1, 0.15) is 38.7 Å². The monoisotopic (exact) mass is 386 g/mol. The molecule has 28 heavy (non-hydrogen) atoms. The van der Waals surface area contributed by atoms with Crippen molar-refractivity contribution in [3.05, 3.63) is 35.9 Å². The third-order valence-electron chi connectivity index (χ3n) is 6.10. The molecule has 2 N–H and O–H groups in total. The molecule has 0 unspecified atom stereocenters. The first-order valence-electron chi connectivity index (χ1n) is 10.7. The molecule has 2 heterocycles. The molecule has 0 aromatic heterocycles. The zero-order chi connectivity index (χ0) is 19.9. The van der Waals surface area contributed by atoms with Crippen LogP contribution in [0.15, 0.2) is 30.3 Å². The molecule has 3 rings (SSSR count). The smallest absolute Gasteiger partial charge is 0.317 e. The molecule has 2 aliphatic rings. The van der Waals surface area contributed by atoms with Crippen LogP contribution in [0.3, 0.4) is 0 Å². The number of nitrogens with zero attached hydrogens (tertiary/aromatic N) is 2. The fraction of sp³-hybridized carbons (Fsp3) is 0.636. The molecular formula is C22H34N4O2. The van der Waals surface area contributed by atoms with Crippen LogP contribution in [0.5, 0.6) is 0 Å². The number of piperidine rings is 1. The fourth-order valence-electron chi connectivity index (χ4n) is 4.17. The molecule has 154 valence electrons. The second-order valence-corrected chi connectivity index (χ2v) is 8.38. The molecule has 1 atom stereocenters. The van der Waals surface area contributed by atoms with Gasteiger partial charge in [0.25, 0.3) is 0 Å². The van der Waals surface area contributed by atoms with Gasteiger partial charge >= 0.3 is 12.1 Å². The lowest BCUT2D eigenvalue weighted by Gasteiger charge is -2.40. The molecule has 4 amide bonds. The van der Waals surface area contributed by atoms with Crippen molar-refractivity contribution in [2.24, 2.45) is 11.8 Å². The summed E-state index contributed by atoms with van der Waals surface area (Å²) in [6, 6.07) is 10.8. The van der Waals surface area contributed by atoms with Crippen molar-refractivity contribution in [2.45, 2.75) is 45.6 Å². The highest BCUT2D eigenvalue weighted by molar-refractivity contribution is 5.76. The number of carbonyl (C=O) groups excluding carboxylic acids is 2. The van der Waals surface area contributed by atoms with Crippen molar-refractivity contribution in [3.8, 4) is 0 Å². The van der Waals surface area contributed by atoms with Gasteiger partial charge < -0.3 is 20.4 Å². The highest BCUT2D eigenvalue weighted by Crippen LogP contribution is 2.20. The Kier molecular flexibility index (Phi) is 7.18. The summed E-state index contributed by atoms with van der Waals surface area (Å²) in [5, 5.41) is 6.07. The van der Waals surface area contributed by atoms with E-state index in [0.717, 1.165) is 38.8 Å². The van der Waals surface area contributed by atoms with Crippen LogP contribution >= 0.6 is 0 Å². The number of amides is 4. The molecule has 2 fully saturated rings. The summed E-state index contributed by atoms with van der Waals surface area (Å²) in [6.07, 6.45) is 3.70. The maximum Gasteiger partial charge on any atom is 0.317 e. The van der Waals surface area contributed by atoms with Gasteiger partial charge in [-0.1, -0.05) is 44.2 Å². The second-order valence-electron chi connectivity index (χ2n) is 8.38. The van der Waals surface area contributed by atoms with Crippen LogP contribution in [0.25, 0.3) is 0 Å². The van der Waals surface area contributed by atoms with Gasteiger partial charge in [0, 0.05) is 38.8 Å². The van der Waals surface area contributed by atoms with Crippen molar-refractivity contribution in [1.82, 2.24) is 20.4 Å². The number of nitrogens with one attached hydrogen (secondary N) is 2. The number of hydrogen-bond acceptors (Lipinski definition) is 2. The molecule has 2 saturated heterocycles. The second kappa shape index (κ2) is 9.80. The minimum atomic E-state index is 0.0280. The van der Waals surface area contributed by atoms with E-state index in [2.05, 4.69) is 48.7 Å². The Morgan fingerprint density at radius 3 is 2.54 bits per heavy atom. The van der Waals surface area contributed by atoms with E-state index in [-0.39, 0.29) is 18.1 Å². The van der Waals surface area contributed by atoms with E-state index in [4.69, 9.17) is 0 Å². The number of benzene rings is 1. The van der Waals surface area contributed by atoms with Gasteiger partial charge in [-0.05, 0) is 43.1 Å². The maximum absolute atomic E-state index is 12.6. The summed E-state index contributed by atoms with van der Waals surface area (Å²) in [4.78, 5) is 28.5. The van der Waals surface area contributed by atoms with Gasteiger partial charge in [-0.25, -0.2) is 9.59 Å². The summed E-state index contributed by atoms with van der Waals surface area (Å²) in [5.74, 6) is 0.921. The van der Waals surface area contributed by atoms with E-state index in [9.17, 15) is 9.59 Å². The number of likely N-dealkylation sites (tertiary alicyclic amines) is 1. The Hall–Kier alpha value is -2.24. The van der Waals surface area contributed by atoms with Gasteiger partial charge in [0.05, 0.1) is 0 Å². The van der Waals surface area contributed by atoms with Crippen LogP contribution < -0.4 is 10.6 Å². The average Bonchev–Trinajstić information content (AvgIpc) is 2.72. The Morgan fingerprint density at radius 1 is 1.18 bits per heavy atom. The number of carbonyl (C=O) groups is 2. The van der Waals surface area contributed by atoms with E-state index < -0.39 is 0 Å². The summed E-state index contributed by atoms with van der Waals surface area (Å²) in [6.45, 7) is 8.16. The molecule has 0 aliphatic carbocycles. The van der Waals surface area contributed by atoms with E-state index in [1.807, 2.05) is 15.9 Å². The fourth-order valence-corrected chi connectivity index (χ4v) is 4.17. The van der Waals surface area contributed by atoms with Crippen LogP contribution in [0, 0.1) is 11.8 Å². The Balaban J connectivity index is 1.45. The molecule has 6 nitrogen and oxygen atoms in total. The van der Waals surface area contributed by atoms with Gasteiger partial charge in [0.15, 0.2) is 0 Å². The minimum Gasteiger partial charge on any atom is -0.338 e. The Bertz CT molecular complexity index is 641. The quantitative estimate of drug-likeness (QED) is 0.789. The standard InChI is InChI=1S/C22H34N4O2/c1-17(2)19(15-18-7-4-3-5-8-18)16-24-21(27)25-13-9-20(10-14-25)26-12-6-11-23-22(26)28/h3-5,7-8,17,19-20H,6,9-16H2,1-2H3,(H,23,28)(H,24,27)/t19-/m1/s1. The van der Waals surface area contributed by atoms with Gasteiger partial charge in [-0.2, -0.15) is 0 Å². The number of rotatable bonds is 6. The summed E-state index contributed by atoms with van der Waals surface area (Å²) in [7, 11) is 0. The summed E-state index contributed by atoms with van der Waals surface area (Å²) in [5.41, 5.74) is 1.32. The molecule has 0 bridgehead atoms. The SMILES string of the molecule is CC(C)[C@@H](CNC(=O)N1CCC(N2CCCNC2=O)CC1)Cc1ccccc1. The lowest BCUT2D eigenvalue weighted by atomic mass is 9.89. The molecule has 1 aromatic carbocycles. The molecule has 1 aromatic rings. The van der Waals surface area contributed by atoms with E-state index in [0.29, 0.717) is 31.5 Å².